The number of carbonyl (C=O) groups excluding carboxylic acids is 2. The highest BCUT2D eigenvalue weighted by Crippen LogP contribution is 2.37. The van der Waals surface area contributed by atoms with E-state index in [9.17, 15) is 9.59 Å². The van der Waals surface area contributed by atoms with Gasteiger partial charge in [0.05, 0.1) is 12.5 Å². The first kappa shape index (κ1) is 12.2. The number of ketones is 1. The summed E-state index contributed by atoms with van der Waals surface area (Å²) < 4.78 is 4.79. The van der Waals surface area contributed by atoms with Gasteiger partial charge < -0.3 is 4.74 Å². The van der Waals surface area contributed by atoms with E-state index < -0.39 is 5.41 Å². The van der Waals surface area contributed by atoms with Gasteiger partial charge in [0, 0.05) is 12.8 Å². The standard InChI is InChI=1S/C12H20O3/c1-12(2,11(14)15-3)9-6-4-5-7-10(13)8-9/h9H,4-8H2,1-3H3/t9-/m0/s1. The molecule has 86 valence electrons. The van der Waals surface area contributed by atoms with Crippen molar-refractivity contribution in [1.82, 2.24) is 0 Å². The van der Waals surface area contributed by atoms with Gasteiger partial charge in [-0.3, -0.25) is 9.59 Å². The van der Waals surface area contributed by atoms with Crippen molar-refractivity contribution in [2.24, 2.45) is 11.3 Å². The summed E-state index contributed by atoms with van der Waals surface area (Å²) in [5.74, 6) is 0.219. The van der Waals surface area contributed by atoms with Crippen molar-refractivity contribution in [1.29, 1.82) is 0 Å². The maximum Gasteiger partial charge on any atom is 0.311 e. The average Bonchev–Trinajstić information content (AvgIpc) is 2.41. The fraction of sp³-hybridized carbons (Fsp3) is 0.833. The van der Waals surface area contributed by atoms with E-state index in [1.54, 1.807) is 0 Å². The first-order valence-electron chi connectivity index (χ1n) is 5.58. The Bertz CT molecular complexity index is 256. The lowest BCUT2D eigenvalue weighted by molar-refractivity contribution is -0.154. The molecule has 0 aromatic rings. The van der Waals surface area contributed by atoms with Crippen molar-refractivity contribution in [2.75, 3.05) is 7.11 Å². The van der Waals surface area contributed by atoms with Crippen molar-refractivity contribution in [3.05, 3.63) is 0 Å². The van der Waals surface area contributed by atoms with E-state index in [2.05, 4.69) is 0 Å². The van der Waals surface area contributed by atoms with Crippen LogP contribution in [0, 0.1) is 11.3 Å². The molecule has 1 aliphatic rings. The van der Waals surface area contributed by atoms with Gasteiger partial charge in [0.2, 0.25) is 0 Å². The van der Waals surface area contributed by atoms with Crippen LogP contribution in [0.5, 0.6) is 0 Å². The Balaban J connectivity index is 2.75. The molecular weight excluding hydrogens is 192 g/mol. The number of esters is 1. The van der Waals surface area contributed by atoms with Gasteiger partial charge in [-0.2, -0.15) is 0 Å². The lowest BCUT2D eigenvalue weighted by Gasteiger charge is -2.30. The summed E-state index contributed by atoms with van der Waals surface area (Å²) in [5.41, 5.74) is -0.533. The molecule has 0 N–H and O–H groups in total. The Labute approximate surface area is 91.2 Å². The smallest absolute Gasteiger partial charge is 0.311 e. The second-order valence-corrected chi connectivity index (χ2v) is 4.90. The topological polar surface area (TPSA) is 43.4 Å². The van der Waals surface area contributed by atoms with Crippen LogP contribution >= 0.6 is 0 Å². The number of hydrogen-bond donors (Lipinski definition) is 0. The zero-order chi connectivity index (χ0) is 11.5. The van der Waals surface area contributed by atoms with Crippen LogP contribution in [0.2, 0.25) is 0 Å². The molecule has 0 saturated heterocycles. The normalized spacial score (nSPS) is 23.4. The van der Waals surface area contributed by atoms with E-state index in [-0.39, 0.29) is 17.7 Å². The highest BCUT2D eigenvalue weighted by molar-refractivity contribution is 5.81. The number of Topliss-reactive ketones (excluding diaryl/α,β-unsaturated/α-hetero) is 1. The molecule has 0 unspecified atom stereocenters. The predicted octanol–water partition coefficient (Wildman–Crippen LogP) is 2.33. The van der Waals surface area contributed by atoms with Crippen LogP contribution in [-0.4, -0.2) is 18.9 Å². The Morgan fingerprint density at radius 2 is 2.07 bits per heavy atom. The number of hydrogen-bond acceptors (Lipinski definition) is 3. The van der Waals surface area contributed by atoms with E-state index >= 15 is 0 Å². The van der Waals surface area contributed by atoms with Crippen LogP contribution in [0.1, 0.15) is 46.0 Å². The van der Waals surface area contributed by atoms with Gasteiger partial charge >= 0.3 is 5.97 Å². The second kappa shape index (κ2) is 4.77. The van der Waals surface area contributed by atoms with Crippen LogP contribution in [0.15, 0.2) is 0 Å². The third-order valence-corrected chi connectivity index (χ3v) is 3.46. The summed E-state index contributed by atoms with van der Waals surface area (Å²) in [6.45, 7) is 3.75. The first-order chi connectivity index (χ1) is 6.98. The van der Waals surface area contributed by atoms with Crippen molar-refractivity contribution < 1.29 is 14.3 Å². The molecule has 1 atom stereocenters. The van der Waals surface area contributed by atoms with Crippen LogP contribution in [-0.2, 0) is 14.3 Å². The minimum Gasteiger partial charge on any atom is -0.469 e. The van der Waals surface area contributed by atoms with Gasteiger partial charge in [0.25, 0.3) is 0 Å². The Hall–Kier alpha value is -0.860. The Morgan fingerprint density at radius 3 is 2.67 bits per heavy atom. The third kappa shape index (κ3) is 2.80. The van der Waals surface area contributed by atoms with Gasteiger partial charge in [-0.15, -0.1) is 0 Å². The molecule has 1 fully saturated rings. The third-order valence-electron chi connectivity index (χ3n) is 3.46. The van der Waals surface area contributed by atoms with Crippen LogP contribution in [0.3, 0.4) is 0 Å². The maximum absolute atomic E-state index is 11.6. The van der Waals surface area contributed by atoms with Crippen LogP contribution in [0.4, 0.5) is 0 Å². The van der Waals surface area contributed by atoms with E-state index in [4.69, 9.17) is 4.74 Å². The fourth-order valence-corrected chi connectivity index (χ4v) is 2.24. The summed E-state index contributed by atoms with van der Waals surface area (Å²) >= 11 is 0. The van der Waals surface area contributed by atoms with Crippen molar-refractivity contribution in [3.63, 3.8) is 0 Å². The lowest BCUT2D eigenvalue weighted by atomic mass is 9.74. The molecular formula is C12H20O3. The van der Waals surface area contributed by atoms with E-state index in [1.165, 1.54) is 7.11 Å². The van der Waals surface area contributed by atoms with Gasteiger partial charge in [-0.25, -0.2) is 0 Å². The molecule has 0 amide bonds. The summed E-state index contributed by atoms with van der Waals surface area (Å²) in [6, 6.07) is 0. The fourth-order valence-electron chi connectivity index (χ4n) is 2.24. The molecule has 0 aliphatic heterocycles. The first-order valence-corrected chi connectivity index (χ1v) is 5.58. The molecule has 0 heterocycles. The molecule has 3 nitrogen and oxygen atoms in total. The molecule has 1 saturated carbocycles. The summed E-state index contributed by atoms with van der Waals surface area (Å²) in [5, 5.41) is 0. The number of ether oxygens (including phenoxy) is 1. The molecule has 0 radical (unpaired) electrons. The SMILES string of the molecule is COC(=O)C(C)(C)[C@H]1CCCCC(=O)C1. The largest absolute Gasteiger partial charge is 0.469 e. The van der Waals surface area contributed by atoms with E-state index in [1.807, 2.05) is 13.8 Å². The van der Waals surface area contributed by atoms with Crippen molar-refractivity contribution >= 4 is 11.8 Å². The van der Waals surface area contributed by atoms with Gasteiger partial charge in [0.15, 0.2) is 0 Å². The number of carbonyl (C=O) groups is 2. The highest BCUT2D eigenvalue weighted by Gasteiger charge is 2.39. The molecule has 0 aromatic carbocycles. The minimum atomic E-state index is -0.533. The zero-order valence-electron chi connectivity index (χ0n) is 9.84. The van der Waals surface area contributed by atoms with Crippen LogP contribution < -0.4 is 0 Å². The minimum absolute atomic E-state index is 0.139. The Morgan fingerprint density at radius 1 is 1.40 bits per heavy atom. The van der Waals surface area contributed by atoms with Gasteiger partial charge in [0.1, 0.15) is 5.78 Å². The Kier molecular flexibility index (Phi) is 3.89. The zero-order valence-corrected chi connectivity index (χ0v) is 9.84. The second-order valence-electron chi connectivity index (χ2n) is 4.90. The summed E-state index contributed by atoms with van der Waals surface area (Å²) in [6.07, 6.45) is 4.16. The number of rotatable bonds is 2. The van der Waals surface area contributed by atoms with Crippen molar-refractivity contribution in [2.45, 2.75) is 46.0 Å². The maximum atomic E-state index is 11.6. The average molecular weight is 212 g/mol. The van der Waals surface area contributed by atoms with Crippen LogP contribution in [0.25, 0.3) is 0 Å². The summed E-state index contributed by atoms with van der Waals surface area (Å²) in [7, 11) is 1.41. The molecule has 3 heteroatoms. The summed E-state index contributed by atoms with van der Waals surface area (Å²) in [4.78, 5) is 23.1. The van der Waals surface area contributed by atoms with Gasteiger partial charge in [-0.1, -0.05) is 6.42 Å². The number of methoxy groups -OCH3 is 1. The molecule has 1 aliphatic carbocycles. The lowest BCUT2D eigenvalue weighted by Crippen LogP contribution is -2.34. The van der Waals surface area contributed by atoms with Crippen molar-refractivity contribution in [3.8, 4) is 0 Å². The molecule has 1 rings (SSSR count). The molecule has 15 heavy (non-hydrogen) atoms. The van der Waals surface area contributed by atoms with E-state index in [0.717, 1.165) is 19.3 Å². The van der Waals surface area contributed by atoms with Gasteiger partial charge in [-0.05, 0) is 32.6 Å². The quantitative estimate of drug-likeness (QED) is 0.521. The van der Waals surface area contributed by atoms with E-state index in [0.29, 0.717) is 12.8 Å². The molecule has 0 spiro atoms. The molecule has 0 bridgehead atoms. The molecule has 0 aromatic heterocycles. The highest BCUT2D eigenvalue weighted by atomic mass is 16.5. The monoisotopic (exact) mass is 212 g/mol. The predicted molar refractivity (Wildman–Crippen MR) is 57.4 cm³/mol.